The maximum absolute atomic E-state index is 12.8. The predicted octanol–water partition coefficient (Wildman–Crippen LogP) is -0.0308. The summed E-state index contributed by atoms with van der Waals surface area (Å²) in [5.74, 6) is 0.298. The number of nitrogens with zero attached hydrogens (tertiary/aromatic N) is 6. The van der Waals surface area contributed by atoms with Gasteiger partial charge in [0.15, 0.2) is 11.2 Å². The van der Waals surface area contributed by atoms with Crippen molar-refractivity contribution in [1.82, 2.24) is 23.6 Å². The number of rotatable bonds is 6. The van der Waals surface area contributed by atoms with Crippen molar-refractivity contribution in [3.63, 3.8) is 0 Å². The van der Waals surface area contributed by atoms with Crippen molar-refractivity contribution < 1.29 is 9.21 Å². The zero-order chi connectivity index (χ0) is 19.6. The third kappa shape index (κ3) is 3.39. The molecular weight excluding hydrogens is 352 g/mol. The van der Waals surface area contributed by atoms with Crippen LogP contribution in [0.3, 0.4) is 0 Å². The molecule has 0 saturated carbocycles. The first-order chi connectivity index (χ1) is 12.9. The summed E-state index contributed by atoms with van der Waals surface area (Å²) in [5.41, 5.74) is -0.623. The van der Waals surface area contributed by atoms with Crippen LogP contribution in [-0.2, 0) is 32.0 Å². The molecule has 0 saturated heterocycles. The topological polar surface area (TPSA) is 119 Å². The van der Waals surface area contributed by atoms with Gasteiger partial charge in [0.2, 0.25) is 5.91 Å². The molecule has 0 radical (unpaired) electrons. The van der Waals surface area contributed by atoms with Crippen molar-refractivity contribution >= 4 is 17.1 Å². The summed E-state index contributed by atoms with van der Waals surface area (Å²) >= 11 is 0. The molecule has 0 unspecified atom stereocenters. The second kappa shape index (κ2) is 7.33. The van der Waals surface area contributed by atoms with Crippen molar-refractivity contribution in [2.75, 3.05) is 6.54 Å². The number of hydrogen-bond acceptors (Lipinski definition) is 6. The van der Waals surface area contributed by atoms with E-state index in [1.165, 1.54) is 40.7 Å². The van der Waals surface area contributed by atoms with Gasteiger partial charge in [0.05, 0.1) is 31.6 Å². The Morgan fingerprint density at radius 1 is 1.33 bits per heavy atom. The monoisotopic (exact) mass is 370 g/mol. The summed E-state index contributed by atoms with van der Waals surface area (Å²) in [6, 6.07) is 5.48. The number of carbonyl (C=O) groups is 1. The van der Waals surface area contributed by atoms with Crippen LogP contribution in [0.4, 0.5) is 0 Å². The quantitative estimate of drug-likeness (QED) is 0.601. The third-order valence-corrected chi connectivity index (χ3v) is 4.30. The van der Waals surface area contributed by atoms with Crippen molar-refractivity contribution in [2.24, 2.45) is 14.1 Å². The van der Waals surface area contributed by atoms with Crippen LogP contribution in [0.15, 0.2) is 38.7 Å². The van der Waals surface area contributed by atoms with Crippen LogP contribution in [0.5, 0.6) is 0 Å². The summed E-state index contributed by atoms with van der Waals surface area (Å²) < 4.78 is 8.93. The normalized spacial score (nSPS) is 10.9. The zero-order valence-corrected chi connectivity index (χ0v) is 15.0. The molecule has 0 spiro atoms. The van der Waals surface area contributed by atoms with Gasteiger partial charge in [-0.25, -0.2) is 9.78 Å². The average molecular weight is 370 g/mol. The Morgan fingerprint density at radius 2 is 2.11 bits per heavy atom. The molecule has 1 amide bonds. The molecule has 0 bridgehead atoms. The summed E-state index contributed by atoms with van der Waals surface area (Å²) in [4.78, 5) is 42.8. The van der Waals surface area contributed by atoms with Crippen molar-refractivity contribution in [1.29, 1.82) is 5.26 Å². The lowest BCUT2D eigenvalue weighted by Crippen LogP contribution is -2.38. The van der Waals surface area contributed by atoms with Crippen LogP contribution in [-0.4, -0.2) is 36.0 Å². The van der Waals surface area contributed by atoms with E-state index in [1.807, 2.05) is 6.07 Å². The van der Waals surface area contributed by atoms with Gasteiger partial charge in [0, 0.05) is 20.6 Å². The summed E-state index contributed by atoms with van der Waals surface area (Å²) in [7, 11) is 2.89. The van der Waals surface area contributed by atoms with E-state index < -0.39 is 11.2 Å². The van der Waals surface area contributed by atoms with Crippen LogP contribution in [0.1, 0.15) is 12.2 Å². The highest BCUT2D eigenvalue weighted by molar-refractivity contribution is 5.79. The lowest BCUT2D eigenvalue weighted by atomic mass is 10.3. The van der Waals surface area contributed by atoms with E-state index >= 15 is 0 Å². The van der Waals surface area contributed by atoms with Gasteiger partial charge in [0.25, 0.3) is 5.56 Å². The Kier molecular flexibility index (Phi) is 4.94. The molecule has 3 aromatic heterocycles. The molecule has 0 atom stereocenters. The molecule has 3 aromatic rings. The largest absolute Gasteiger partial charge is 0.467 e. The minimum atomic E-state index is -0.520. The zero-order valence-electron chi connectivity index (χ0n) is 15.0. The maximum atomic E-state index is 12.8. The molecule has 27 heavy (non-hydrogen) atoms. The first-order valence-electron chi connectivity index (χ1n) is 8.22. The number of aryl methyl sites for hydroxylation is 1. The van der Waals surface area contributed by atoms with Gasteiger partial charge in [-0.2, -0.15) is 5.26 Å². The smallest absolute Gasteiger partial charge is 0.332 e. The fraction of sp³-hybridized carbons (Fsp3) is 0.353. The van der Waals surface area contributed by atoms with Crippen LogP contribution in [0, 0.1) is 11.3 Å². The number of furan rings is 1. The van der Waals surface area contributed by atoms with E-state index in [-0.39, 0.29) is 43.1 Å². The minimum absolute atomic E-state index is 0.143. The second-order valence-electron chi connectivity index (χ2n) is 6.05. The highest BCUT2D eigenvalue weighted by atomic mass is 16.3. The average Bonchev–Trinajstić information content (AvgIpc) is 3.31. The van der Waals surface area contributed by atoms with Gasteiger partial charge in [0.1, 0.15) is 12.3 Å². The van der Waals surface area contributed by atoms with Crippen LogP contribution >= 0.6 is 0 Å². The van der Waals surface area contributed by atoms with E-state index in [1.54, 1.807) is 12.1 Å². The Labute approximate surface area is 153 Å². The molecule has 0 aliphatic heterocycles. The molecule has 0 aliphatic rings. The minimum Gasteiger partial charge on any atom is -0.467 e. The Bertz CT molecular complexity index is 1130. The first-order valence-corrected chi connectivity index (χ1v) is 8.22. The molecule has 0 aliphatic carbocycles. The van der Waals surface area contributed by atoms with Gasteiger partial charge < -0.3 is 13.9 Å². The number of aromatic nitrogens is 4. The van der Waals surface area contributed by atoms with Gasteiger partial charge >= 0.3 is 5.69 Å². The SMILES string of the molecule is Cn1c(=O)c2c(ncn2CC(=O)N(CCC#N)Cc2ccco2)n(C)c1=O. The van der Waals surface area contributed by atoms with Crippen molar-refractivity contribution in [3.8, 4) is 6.07 Å². The highest BCUT2D eigenvalue weighted by Gasteiger charge is 2.20. The van der Waals surface area contributed by atoms with Crippen LogP contribution < -0.4 is 11.2 Å². The van der Waals surface area contributed by atoms with Crippen LogP contribution in [0.2, 0.25) is 0 Å². The number of nitriles is 1. The summed E-state index contributed by atoms with van der Waals surface area (Å²) in [6.07, 6.45) is 3.04. The fourth-order valence-electron chi connectivity index (χ4n) is 2.83. The van der Waals surface area contributed by atoms with E-state index in [0.29, 0.717) is 5.76 Å². The predicted molar refractivity (Wildman–Crippen MR) is 94.6 cm³/mol. The molecule has 10 nitrogen and oxygen atoms in total. The van der Waals surface area contributed by atoms with E-state index in [4.69, 9.17) is 9.68 Å². The number of amides is 1. The Morgan fingerprint density at radius 3 is 2.78 bits per heavy atom. The fourth-order valence-corrected chi connectivity index (χ4v) is 2.83. The Hall–Kier alpha value is -3.61. The lowest BCUT2D eigenvalue weighted by molar-refractivity contribution is -0.132. The third-order valence-electron chi connectivity index (χ3n) is 4.30. The van der Waals surface area contributed by atoms with Gasteiger partial charge in [-0.05, 0) is 12.1 Å². The summed E-state index contributed by atoms with van der Waals surface area (Å²) in [5, 5.41) is 8.84. The Balaban J connectivity index is 1.93. The van der Waals surface area contributed by atoms with Crippen molar-refractivity contribution in [3.05, 3.63) is 51.3 Å². The summed E-state index contributed by atoms with van der Waals surface area (Å²) in [6.45, 7) is 0.311. The number of imidazole rings is 1. The molecule has 10 heteroatoms. The number of carbonyl (C=O) groups excluding carboxylic acids is 1. The standard InChI is InChI=1S/C17H18N6O4/c1-20-15-14(16(25)21(2)17(20)26)23(11-19-15)10-13(24)22(7-4-6-18)9-12-5-3-8-27-12/h3,5,8,11H,4,7,9-10H2,1-2H3. The van der Waals surface area contributed by atoms with Crippen LogP contribution in [0.25, 0.3) is 11.2 Å². The lowest BCUT2D eigenvalue weighted by Gasteiger charge is -2.20. The van der Waals surface area contributed by atoms with E-state index in [9.17, 15) is 14.4 Å². The van der Waals surface area contributed by atoms with E-state index in [0.717, 1.165) is 4.57 Å². The highest BCUT2D eigenvalue weighted by Crippen LogP contribution is 2.10. The molecule has 0 N–H and O–H groups in total. The number of fused-ring (bicyclic) bond motifs is 1. The molecule has 0 aromatic carbocycles. The van der Waals surface area contributed by atoms with Gasteiger partial charge in [-0.3, -0.25) is 18.7 Å². The first kappa shape index (κ1) is 18.2. The second-order valence-corrected chi connectivity index (χ2v) is 6.05. The maximum Gasteiger partial charge on any atom is 0.332 e. The molecule has 3 heterocycles. The van der Waals surface area contributed by atoms with Crippen molar-refractivity contribution in [2.45, 2.75) is 19.5 Å². The molecule has 3 rings (SSSR count). The molecule has 140 valence electrons. The molecular formula is C17H18N6O4. The van der Waals surface area contributed by atoms with Gasteiger partial charge in [-0.1, -0.05) is 0 Å². The number of hydrogen-bond donors (Lipinski definition) is 0. The van der Waals surface area contributed by atoms with E-state index in [2.05, 4.69) is 4.98 Å². The van der Waals surface area contributed by atoms with Gasteiger partial charge in [-0.15, -0.1) is 0 Å². The molecule has 0 fully saturated rings.